The van der Waals surface area contributed by atoms with Crippen molar-refractivity contribution in [3.8, 4) is 0 Å². The number of esters is 1. The minimum absolute atomic E-state index is 0.159. The van der Waals surface area contributed by atoms with E-state index in [2.05, 4.69) is 15.3 Å². The molecule has 1 amide bonds. The number of ether oxygens (including phenoxy) is 1. The second-order valence-corrected chi connectivity index (χ2v) is 7.02. The summed E-state index contributed by atoms with van der Waals surface area (Å²) in [6, 6.07) is 6.09. The first kappa shape index (κ1) is 21.8. The molecule has 8 heteroatoms. The minimum Gasteiger partial charge on any atom is -0.456 e. The first-order valence-electron chi connectivity index (χ1n) is 8.94. The summed E-state index contributed by atoms with van der Waals surface area (Å²) in [7, 11) is 0. The Morgan fingerprint density at radius 1 is 1.11 bits per heavy atom. The van der Waals surface area contributed by atoms with Crippen molar-refractivity contribution < 1.29 is 18.7 Å². The van der Waals surface area contributed by atoms with Crippen LogP contribution in [0.4, 0.5) is 4.39 Å². The van der Waals surface area contributed by atoms with Gasteiger partial charge in [0, 0.05) is 24.4 Å². The molecule has 0 aliphatic heterocycles. The summed E-state index contributed by atoms with van der Waals surface area (Å²) in [5.41, 5.74) is 3.55. The number of rotatable bonds is 9. The molecule has 0 saturated heterocycles. The summed E-state index contributed by atoms with van der Waals surface area (Å²) >= 11 is 1.47. The van der Waals surface area contributed by atoms with Gasteiger partial charge in [-0.25, -0.2) is 14.4 Å². The van der Waals surface area contributed by atoms with Crippen LogP contribution in [-0.4, -0.2) is 41.3 Å². The summed E-state index contributed by atoms with van der Waals surface area (Å²) in [6.07, 6.45) is 3.12. The molecule has 0 radical (unpaired) electrons. The molecule has 1 heterocycles. The minimum atomic E-state index is -0.443. The van der Waals surface area contributed by atoms with E-state index in [1.54, 1.807) is 12.1 Å². The lowest BCUT2D eigenvalue weighted by Gasteiger charge is -2.10. The van der Waals surface area contributed by atoms with E-state index >= 15 is 0 Å². The number of nitrogens with zero attached hydrogens (tertiary/aromatic N) is 2. The SMILES string of the molecule is CSc1nc(C)c(CCC(=O)OCC(=O)NCCc2ccc(F)cc2)c(C)n1. The molecule has 1 N–H and O–H groups in total. The van der Waals surface area contributed by atoms with Gasteiger partial charge in [-0.15, -0.1) is 0 Å². The van der Waals surface area contributed by atoms with E-state index in [9.17, 15) is 14.0 Å². The van der Waals surface area contributed by atoms with Crippen molar-refractivity contribution in [3.05, 3.63) is 52.6 Å². The number of halogens is 1. The Morgan fingerprint density at radius 3 is 2.36 bits per heavy atom. The van der Waals surface area contributed by atoms with Crippen LogP contribution < -0.4 is 5.32 Å². The summed E-state index contributed by atoms with van der Waals surface area (Å²) in [5, 5.41) is 3.38. The maximum absolute atomic E-state index is 12.8. The molecular weight excluding hydrogens is 381 g/mol. The number of hydrogen-bond donors (Lipinski definition) is 1. The maximum Gasteiger partial charge on any atom is 0.306 e. The van der Waals surface area contributed by atoms with Gasteiger partial charge in [-0.1, -0.05) is 23.9 Å². The average Bonchev–Trinajstić information content (AvgIpc) is 2.67. The van der Waals surface area contributed by atoms with Gasteiger partial charge in [-0.2, -0.15) is 0 Å². The summed E-state index contributed by atoms with van der Waals surface area (Å²) in [5.74, 6) is -1.10. The molecule has 2 aromatic rings. The fourth-order valence-corrected chi connectivity index (χ4v) is 3.11. The molecule has 1 aromatic heterocycles. The largest absolute Gasteiger partial charge is 0.456 e. The molecule has 150 valence electrons. The fourth-order valence-electron chi connectivity index (χ4n) is 2.66. The van der Waals surface area contributed by atoms with Gasteiger partial charge in [-0.05, 0) is 56.2 Å². The fraction of sp³-hybridized carbons (Fsp3) is 0.400. The van der Waals surface area contributed by atoms with Crippen LogP contribution in [0, 0.1) is 19.7 Å². The second kappa shape index (κ2) is 10.8. The molecule has 0 atom stereocenters. The lowest BCUT2D eigenvalue weighted by molar-refractivity contribution is -0.148. The van der Waals surface area contributed by atoms with Crippen molar-refractivity contribution in [2.24, 2.45) is 0 Å². The van der Waals surface area contributed by atoms with Crippen LogP contribution in [0.2, 0.25) is 0 Å². The van der Waals surface area contributed by atoms with Crippen LogP contribution in [0.1, 0.15) is 28.9 Å². The van der Waals surface area contributed by atoms with Crippen molar-refractivity contribution in [2.45, 2.75) is 38.3 Å². The molecule has 28 heavy (non-hydrogen) atoms. The van der Waals surface area contributed by atoms with Crippen molar-refractivity contribution in [1.29, 1.82) is 0 Å². The average molecular weight is 405 g/mol. The molecule has 0 saturated carbocycles. The first-order chi connectivity index (χ1) is 13.4. The van der Waals surface area contributed by atoms with E-state index in [1.165, 1.54) is 23.9 Å². The Balaban J connectivity index is 1.69. The molecule has 0 bridgehead atoms. The lowest BCUT2D eigenvalue weighted by atomic mass is 10.1. The van der Waals surface area contributed by atoms with Crippen molar-refractivity contribution >= 4 is 23.6 Å². The maximum atomic E-state index is 12.8. The van der Waals surface area contributed by atoms with Crippen LogP contribution in [0.25, 0.3) is 0 Å². The quantitative estimate of drug-likeness (QED) is 0.393. The Kier molecular flexibility index (Phi) is 8.38. The Labute approximate surface area is 168 Å². The molecule has 0 aliphatic carbocycles. The van der Waals surface area contributed by atoms with Gasteiger partial charge in [0.25, 0.3) is 5.91 Å². The highest BCUT2D eigenvalue weighted by molar-refractivity contribution is 7.98. The number of amides is 1. The molecule has 2 rings (SSSR count). The van der Waals surface area contributed by atoms with E-state index in [-0.39, 0.29) is 24.8 Å². The number of hydrogen-bond acceptors (Lipinski definition) is 6. The van der Waals surface area contributed by atoms with Crippen LogP contribution in [0.3, 0.4) is 0 Å². The summed E-state index contributed by atoms with van der Waals surface area (Å²) in [6.45, 7) is 3.86. The van der Waals surface area contributed by atoms with Crippen LogP contribution in [0.15, 0.2) is 29.4 Å². The van der Waals surface area contributed by atoms with Gasteiger partial charge in [0.2, 0.25) is 0 Å². The number of nitrogens with one attached hydrogen (secondary N) is 1. The first-order valence-corrected chi connectivity index (χ1v) is 10.2. The van der Waals surface area contributed by atoms with E-state index < -0.39 is 5.97 Å². The molecule has 0 aliphatic rings. The molecule has 0 fully saturated rings. The topological polar surface area (TPSA) is 81.2 Å². The van der Waals surface area contributed by atoms with E-state index in [1.807, 2.05) is 20.1 Å². The highest BCUT2D eigenvalue weighted by Gasteiger charge is 2.12. The number of benzene rings is 1. The Morgan fingerprint density at radius 2 is 1.75 bits per heavy atom. The Hall–Kier alpha value is -2.48. The lowest BCUT2D eigenvalue weighted by Crippen LogP contribution is -2.30. The smallest absolute Gasteiger partial charge is 0.306 e. The predicted molar refractivity (Wildman–Crippen MR) is 106 cm³/mol. The van der Waals surface area contributed by atoms with Gasteiger partial charge in [0.05, 0.1) is 0 Å². The van der Waals surface area contributed by atoms with Crippen LogP contribution in [-0.2, 0) is 27.2 Å². The van der Waals surface area contributed by atoms with E-state index in [0.29, 0.717) is 24.5 Å². The highest BCUT2D eigenvalue weighted by atomic mass is 32.2. The monoisotopic (exact) mass is 405 g/mol. The number of aryl methyl sites for hydroxylation is 2. The van der Waals surface area contributed by atoms with Crippen molar-refractivity contribution in [2.75, 3.05) is 19.4 Å². The zero-order chi connectivity index (χ0) is 20.5. The zero-order valence-electron chi connectivity index (χ0n) is 16.3. The van der Waals surface area contributed by atoms with Crippen molar-refractivity contribution in [1.82, 2.24) is 15.3 Å². The van der Waals surface area contributed by atoms with Crippen LogP contribution in [0.5, 0.6) is 0 Å². The highest BCUT2D eigenvalue weighted by Crippen LogP contribution is 2.17. The second-order valence-electron chi connectivity index (χ2n) is 6.25. The van der Waals surface area contributed by atoms with Gasteiger partial charge < -0.3 is 10.1 Å². The number of carbonyl (C=O) groups excluding carboxylic acids is 2. The third-order valence-corrected chi connectivity index (χ3v) is 4.72. The molecule has 6 nitrogen and oxygen atoms in total. The van der Waals surface area contributed by atoms with Gasteiger partial charge >= 0.3 is 5.97 Å². The van der Waals surface area contributed by atoms with Gasteiger partial charge in [-0.3, -0.25) is 9.59 Å². The molecule has 1 aromatic carbocycles. The van der Waals surface area contributed by atoms with Crippen molar-refractivity contribution in [3.63, 3.8) is 0 Å². The van der Waals surface area contributed by atoms with Crippen LogP contribution >= 0.6 is 11.8 Å². The summed E-state index contributed by atoms with van der Waals surface area (Å²) in [4.78, 5) is 32.5. The molecule has 0 unspecified atom stereocenters. The van der Waals surface area contributed by atoms with Gasteiger partial charge in [0.1, 0.15) is 5.82 Å². The normalized spacial score (nSPS) is 10.6. The summed E-state index contributed by atoms with van der Waals surface area (Å²) < 4.78 is 17.9. The van der Waals surface area contributed by atoms with Gasteiger partial charge in [0.15, 0.2) is 11.8 Å². The van der Waals surface area contributed by atoms with E-state index in [4.69, 9.17) is 4.74 Å². The number of thioether (sulfide) groups is 1. The number of aromatic nitrogens is 2. The molecule has 0 spiro atoms. The predicted octanol–water partition coefficient (Wildman–Crippen LogP) is 2.79. The Bertz CT molecular complexity index is 805. The molecular formula is C20H24FN3O3S. The zero-order valence-corrected chi connectivity index (χ0v) is 17.1. The van der Waals surface area contributed by atoms with E-state index in [0.717, 1.165) is 22.5 Å². The number of carbonyl (C=O) groups is 2. The standard InChI is InChI=1S/C20H24FN3O3S/c1-13-17(14(2)24-20(23-13)28-3)8-9-19(26)27-12-18(25)22-11-10-15-4-6-16(21)7-5-15/h4-7H,8-12H2,1-3H3,(H,22,25). The third kappa shape index (κ3) is 6.92. The third-order valence-electron chi connectivity index (χ3n) is 4.18.